The fourth-order valence-electron chi connectivity index (χ4n) is 2.45. The molecule has 1 saturated carbocycles. The van der Waals surface area contributed by atoms with Crippen molar-refractivity contribution in [3.63, 3.8) is 0 Å². The van der Waals surface area contributed by atoms with Gasteiger partial charge in [0, 0.05) is 12.6 Å². The molecule has 2 rings (SSSR count). The molecule has 0 saturated heterocycles. The van der Waals surface area contributed by atoms with Crippen LogP contribution in [0.4, 0.5) is 11.6 Å². The van der Waals surface area contributed by atoms with Crippen molar-refractivity contribution >= 4 is 11.6 Å². The SMILES string of the molecule is CCNc1cncc(NC2CCC(C)(C)CC2)n1. The van der Waals surface area contributed by atoms with Crippen molar-refractivity contribution in [1.82, 2.24) is 9.97 Å². The number of aromatic nitrogens is 2. The van der Waals surface area contributed by atoms with Crippen molar-refractivity contribution in [2.24, 2.45) is 5.41 Å². The normalized spacial score (nSPS) is 19.5. The van der Waals surface area contributed by atoms with E-state index < -0.39 is 0 Å². The summed E-state index contributed by atoms with van der Waals surface area (Å²) in [5, 5.41) is 6.69. The van der Waals surface area contributed by atoms with Gasteiger partial charge in [-0.05, 0) is 38.0 Å². The predicted molar refractivity (Wildman–Crippen MR) is 75.9 cm³/mol. The third-order valence-corrected chi connectivity index (χ3v) is 3.68. The summed E-state index contributed by atoms with van der Waals surface area (Å²) in [4.78, 5) is 8.72. The lowest BCUT2D eigenvalue weighted by Crippen LogP contribution is -2.30. The first-order valence-corrected chi connectivity index (χ1v) is 6.91. The maximum absolute atomic E-state index is 4.51. The molecule has 1 aromatic rings. The number of anilines is 2. The molecule has 0 spiro atoms. The van der Waals surface area contributed by atoms with E-state index in [2.05, 4.69) is 41.4 Å². The first kappa shape index (κ1) is 13.1. The van der Waals surface area contributed by atoms with Gasteiger partial charge in [-0.2, -0.15) is 0 Å². The highest BCUT2D eigenvalue weighted by Gasteiger charge is 2.26. The van der Waals surface area contributed by atoms with E-state index in [9.17, 15) is 0 Å². The van der Waals surface area contributed by atoms with E-state index in [1.807, 2.05) is 0 Å². The van der Waals surface area contributed by atoms with Crippen LogP contribution in [-0.4, -0.2) is 22.6 Å². The summed E-state index contributed by atoms with van der Waals surface area (Å²) in [5.74, 6) is 1.73. The van der Waals surface area contributed by atoms with Crippen LogP contribution >= 0.6 is 0 Å². The highest BCUT2D eigenvalue weighted by Crippen LogP contribution is 2.35. The van der Waals surface area contributed by atoms with Crippen LogP contribution in [0, 0.1) is 5.41 Å². The molecular formula is C14H24N4. The summed E-state index contributed by atoms with van der Waals surface area (Å²) in [6.07, 6.45) is 8.58. The van der Waals surface area contributed by atoms with Crippen LogP contribution < -0.4 is 10.6 Å². The number of hydrogen-bond acceptors (Lipinski definition) is 4. The molecule has 18 heavy (non-hydrogen) atoms. The van der Waals surface area contributed by atoms with Gasteiger partial charge in [0.1, 0.15) is 11.6 Å². The summed E-state index contributed by atoms with van der Waals surface area (Å²) >= 11 is 0. The van der Waals surface area contributed by atoms with Gasteiger partial charge in [0.05, 0.1) is 12.4 Å². The molecule has 1 fully saturated rings. The molecular weight excluding hydrogens is 224 g/mol. The molecule has 0 amide bonds. The van der Waals surface area contributed by atoms with Gasteiger partial charge >= 0.3 is 0 Å². The molecule has 100 valence electrons. The van der Waals surface area contributed by atoms with Crippen LogP contribution in [0.5, 0.6) is 0 Å². The van der Waals surface area contributed by atoms with Crippen LogP contribution in [0.15, 0.2) is 12.4 Å². The fraction of sp³-hybridized carbons (Fsp3) is 0.714. The van der Waals surface area contributed by atoms with E-state index in [0.717, 1.165) is 18.2 Å². The third-order valence-electron chi connectivity index (χ3n) is 3.68. The minimum absolute atomic E-state index is 0.509. The van der Waals surface area contributed by atoms with Gasteiger partial charge in [-0.1, -0.05) is 13.8 Å². The van der Waals surface area contributed by atoms with Gasteiger partial charge in [0.2, 0.25) is 0 Å². The van der Waals surface area contributed by atoms with Gasteiger partial charge in [-0.15, -0.1) is 0 Å². The van der Waals surface area contributed by atoms with Crippen LogP contribution in [0.25, 0.3) is 0 Å². The quantitative estimate of drug-likeness (QED) is 0.858. The second-order valence-electron chi connectivity index (χ2n) is 5.90. The lowest BCUT2D eigenvalue weighted by Gasteiger charge is -2.34. The van der Waals surface area contributed by atoms with E-state index in [1.54, 1.807) is 12.4 Å². The summed E-state index contributed by atoms with van der Waals surface area (Å²) in [6, 6.07) is 0.546. The summed E-state index contributed by atoms with van der Waals surface area (Å²) in [6.45, 7) is 7.64. The van der Waals surface area contributed by atoms with Crippen LogP contribution in [0.3, 0.4) is 0 Å². The van der Waals surface area contributed by atoms with E-state index >= 15 is 0 Å². The lowest BCUT2D eigenvalue weighted by molar-refractivity contribution is 0.232. The van der Waals surface area contributed by atoms with Crippen LogP contribution in [0.2, 0.25) is 0 Å². The molecule has 0 aliphatic heterocycles. The smallest absolute Gasteiger partial charge is 0.147 e. The zero-order valence-electron chi connectivity index (χ0n) is 11.7. The lowest BCUT2D eigenvalue weighted by atomic mass is 9.75. The molecule has 2 N–H and O–H groups in total. The maximum atomic E-state index is 4.51. The van der Waals surface area contributed by atoms with Crippen molar-refractivity contribution in [2.75, 3.05) is 17.2 Å². The van der Waals surface area contributed by atoms with Gasteiger partial charge in [-0.25, -0.2) is 4.98 Å². The molecule has 1 heterocycles. The summed E-state index contributed by atoms with van der Waals surface area (Å²) in [5.41, 5.74) is 0.509. The van der Waals surface area contributed by atoms with E-state index in [-0.39, 0.29) is 0 Å². The van der Waals surface area contributed by atoms with Crippen molar-refractivity contribution in [1.29, 1.82) is 0 Å². The average molecular weight is 248 g/mol. The van der Waals surface area contributed by atoms with Gasteiger partial charge in [-0.3, -0.25) is 4.98 Å². The van der Waals surface area contributed by atoms with E-state index in [4.69, 9.17) is 0 Å². The molecule has 0 unspecified atom stereocenters. The van der Waals surface area contributed by atoms with Gasteiger partial charge < -0.3 is 10.6 Å². The average Bonchev–Trinajstić information content (AvgIpc) is 2.33. The Hall–Kier alpha value is -1.32. The first-order valence-electron chi connectivity index (χ1n) is 6.91. The monoisotopic (exact) mass is 248 g/mol. The first-order chi connectivity index (χ1) is 8.59. The Bertz CT molecular complexity index is 379. The van der Waals surface area contributed by atoms with Crippen LogP contribution in [-0.2, 0) is 0 Å². The van der Waals surface area contributed by atoms with Crippen molar-refractivity contribution in [3.8, 4) is 0 Å². The topological polar surface area (TPSA) is 49.8 Å². The van der Waals surface area contributed by atoms with E-state index in [1.165, 1.54) is 25.7 Å². The minimum atomic E-state index is 0.509. The Morgan fingerprint density at radius 2 is 1.89 bits per heavy atom. The second-order valence-corrected chi connectivity index (χ2v) is 5.90. The standard InChI is InChI=1S/C14H24N4/c1-4-16-12-9-15-10-13(18-12)17-11-5-7-14(2,3)8-6-11/h9-11H,4-8H2,1-3H3,(H2,16,17,18). The molecule has 0 aromatic carbocycles. The van der Waals surface area contributed by atoms with Crippen LogP contribution in [0.1, 0.15) is 46.5 Å². The Labute approximate surface area is 110 Å². The summed E-state index contributed by atoms with van der Waals surface area (Å²) < 4.78 is 0. The Balaban J connectivity index is 1.91. The fourth-order valence-corrected chi connectivity index (χ4v) is 2.45. The molecule has 4 heteroatoms. The molecule has 0 radical (unpaired) electrons. The number of rotatable bonds is 4. The van der Waals surface area contributed by atoms with Gasteiger partial charge in [0.15, 0.2) is 0 Å². The number of nitrogens with zero attached hydrogens (tertiary/aromatic N) is 2. The molecule has 4 nitrogen and oxygen atoms in total. The zero-order valence-corrected chi connectivity index (χ0v) is 11.7. The second kappa shape index (κ2) is 5.55. The third kappa shape index (κ3) is 3.59. The summed E-state index contributed by atoms with van der Waals surface area (Å²) in [7, 11) is 0. The largest absolute Gasteiger partial charge is 0.369 e. The Morgan fingerprint density at radius 1 is 1.22 bits per heavy atom. The van der Waals surface area contributed by atoms with Crippen molar-refractivity contribution in [2.45, 2.75) is 52.5 Å². The number of hydrogen-bond donors (Lipinski definition) is 2. The molecule has 1 aliphatic rings. The molecule has 1 aliphatic carbocycles. The highest BCUT2D eigenvalue weighted by atomic mass is 15.1. The Kier molecular flexibility index (Phi) is 4.04. The predicted octanol–water partition coefficient (Wildman–Crippen LogP) is 3.29. The van der Waals surface area contributed by atoms with Crippen molar-refractivity contribution < 1.29 is 0 Å². The maximum Gasteiger partial charge on any atom is 0.147 e. The molecule has 0 atom stereocenters. The van der Waals surface area contributed by atoms with E-state index in [0.29, 0.717) is 11.5 Å². The minimum Gasteiger partial charge on any atom is -0.369 e. The van der Waals surface area contributed by atoms with Gasteiger partial charge in [0.25, 0.3) is 0 Å². The van der Waals surface area contributed by atoms with Crippen molar-refractivity contribution in [3.05, 3.63) is 12.4 Å². The molecule has 1 aromatic heterocycles. The molecule has 0 bridgehead atoms. The highest BCUT2D eigenvalue weighted by molar-refractivity contribution is 5.42. The Morgan fingerprint density at radius 3 is 2.56 bits per heavy atom. The number of nitrogens with one attached hydrogen (secondary N) is 2. The zero-order chi connectivity index (χ0) is 13.0.